The molecule has 3 aromatic heterocycles. The van der Waals surface area contributed by atoms with Crippen LogP contribution in [0, 0.1) is 0 Å². The summed E-state index contributed by atoms with van der Waals surface area (Å²) in [6.07, 6.45) is 5.17. The van der Waals surface area contributed by atoms with Crippen LogP contribution in [0.15, 0.2) is 78.0 Å². The van der Waals surface area contributed by atoms with Crippen molar-refractivity contribution in [3.05, 3.63) is 93.7 Å². The molecule has 1 unspecified atom stereocenters. The van der Waals surface area contributed by atoms with Crippen molar-refractivity contribution >= 4 is 45.7 Å². The second-order valence-electron chi connectivity index (χ2n) is 8.47. The number of amides is 1. The lowest BCUT2D eigenvalue weighted by Gasteiger charge is -2.21. The Morgan fingerprint density at radius 3 is 2.66 bits per heavy atom. The maximum Gasteiger partial charge on any atom is 0.252 e. The van der Waals surface area contributed by atoms with Crippen LogP contribution >= 0.6 is 23.2 Å². The number of rotatable bonds is 7. The Labute approximate surface area is 227 Å². The van der Waals surface area contributed by atoms with Gasteiger partial charge in [-0.15, -0.1) is 5.10 Å². The smallest absolute Gasteiger partial charge is 0.252 e. The molecule has 5 rings (SSSR count). The summed E-state index contributed by atoms with van der Waals surface area (Å²) in [4.78, 5) is 31.0. The van der Waals surface area contributed by atoms with Crippen molar-refractivity contribution in [2.75, 3.05) is 12.4 Å². The first kappa shape index (κ1) is 25.4. The molecule has 0 radical (unpaired) electrons. The molecule has 1 amide bonds. The van der Waals surface area contributed by atoms with Crippen LogP contribution in [0.3, 0.4) is 0 Å². The minimum Gasteiger partial charge on any atom is -0.495 e. The maximum atomic E-state index is 13.4. The van der Waals surface area contributed by atoms with Gasteiger partial charge in [-0.1, -0.05) is 41.4 Å². The largest absolute Gasteiger partial charge is 0.495 e. The summed E-state index contributed by atoms with van der Waals surface area (Å²) in [6, 6.07) is 15.0. The van der Waals surface area contributed by atoms with Gasteiger partial charge in [0.2, 0.25) is 5.91 Å². The highest BCUT2D eigenvalue weighted by molar-refractivity contribution is 6.31. The molecule has 0 saturated heterocycles. The summed E-state index contributed by atoms with van der Waals surface area (Å²) in [6.45, 7) is 1.84. The van der Waals surface area contributed by atoms with Crippen LogP contribution in [0.5, 0.6) is 5.75 Å². The lowest BCUT2D eigenvalue weighted by atomic mass is 10.0. The average molecular weight is 549 g/mol. The molecule has 0 aliphatic carbocycles. The van der Waals surface area contributed by atoms with Crippen LogP contribution in [-0.2, 0) is 4.79 Å². The Morgan fingerprint density at radius 2 is 1.92 bits per heavy atom. The molecule has 192 valence electrons. The van der Waals surface area contributed by atoms with Crippen molar-refractivity contribution in [2.24, 2.45) is 0 Å². The van der Waals surface area contributed by atoms with Gasteiger partial charge in [-0.2, -0.15) is 0 Å². The Bertz CT molecular complexity index is 1720. The number of anilines is 1. The Balaban J connectivity index is 1.52. The van der Waals surface area contributed by atoms with Gasteiger partial charge in [-0.3, -0.25) is 19.1 Å². The third kappa shape index (κ3) is 4.98. The maximum absolute atomic E-state index is 13.4. The topological polar surface area (TPSA) is 104 Å². The Morgan fingerprint density at radius 1 is 1.08 bits per heavy atom. The summed E-state index contributed by atoms with van der Waals surface area (Å²) in [5.41, 5.74) is 2.72. The fourth-order valence-electron chi connectivity index (χ4n) is 4.32. The number of hydrogen-bond donors (Lipinski definition) is 1. The molecule has 3 heterocycles. The van der Waals surface area contributed by atoms with Crippen LogP contribution < -0.4 is 15.6 Å². The molecule has 0 saturated carbocycles. The van der Waals surface area contributed by atoms with Crippen LogP contribution in [0.4, 0.5) is 5.69 Å². The monoisotopic (exact) mass is 548 g/mol. The molecule has 0 spiro atoms. The SMILES string of the molecule is CCC(C(=O)Nc1ccc2ncccc2c1)n1cc(OC)c(-c2cc(Cl)ccc2-n2cc(Cl)nn2)cc1=O. The molecule has 0 fully saturated rings. The first-order chi connectivity index (χ1) is 18.4. The van der Waals surface area contributed by atoms with Gasteiger partial charge in [-0.25, -0.2) is 4.68 Å². The average Bonchev–Trinajstić information content (AvgIpc) is 3.35. The van der Waals surface area contributed by atoms with Crippen molar-refractivity contribution in [3.8, 4) is 22.6 Å². The number of nitrogens with one attached hydrogen (secondary N) is 1. The zero-order chi connectivity index (χ0) is 26.8. The molecule has 1 atom stereocenters. The van der Waals surface area contributed by atoms with Gasteiger partial charge in [0.25, 0.3) is 5.56 Å². The predicted molar refractivity (Wildman–Crippen MR) is 147 cm³/mol. The number of fused-ring (bicyclic) bond motifs is 1. The summed E-state index contributed by atoms with van der Waals surface area (Å²) in [5, 5.41) is 12.3. The van der Waals surface area contributed by atoms with Gasteiger partial charge in [0, 0.05) is 39.5 Å². The predicted octanol–water partition coefficient (Wildman–Crippen LogP) is 5.55. The summed E-state index contributed by atoms with van der Waals surface area (Å²) < 4.78 is 8.52. The highest BCUT2D eigenvalue weighted by Gasteiger charge is 2.23. The van der Waals surface area contributed by atoms with Crippen molar-refractivity contribution in [1.29, 1.82) is 0 Å². The first-order valence-corrected chi connectivity index (χ1v) is 12.5. The quantitative estimate of drug-likeness (QED) is 0.286. The van der Waals surface area contributed by atoms with Gasteiger partial charge < -0.3 is 10.1 Å². The zero-order valence-electron chi connectivity index (χ0n) is 20.4. The van der Waals surface area contributed by atoms with Crippen molar-refractivity contribution < 1.29 is 9.53 Å². The van der Waals surface area contributed by atoms with Crippen LogP contribution in [-0.4, -0.2) is 37.6 Å². The van der Waals surface area contributed by atoms with Crippen LogP contribution in [0.1, 0.15) is 19.4 Å². The van der Waals surface area contributed by atoms with E-state index in [1.54, 1.807) is 36.7 Å². The van der Waals surface area contributed by atoms with E-state index in [2.05, 4.69) is 20.6 Å². The molecule has 1 N–H and O–H groups in total. The van der Waals surface area contributed by atoms with E-state index < -0.39 is 6.04 Å². The normalized spacial score (nSPS) is 11.9. The number of ether oxygens (including phenoxy) is 1. The van der Waals surface area contributed by atoms with Gasteiger partial charge >= 0.3 is 0 Å². The lowest BCUT2D eigenvalue weighted by molar-refractivity contribution is -0.119. The molecule has 0 bridgehead atoms. The second kappa shape index (κ2) is 10.6. The van der Waals surface area contributed by atoms with Crippen molar-refractivity contribution in [2.45, 2.75) is 19.4 Å². The number of nitrogens with zero attached hydrogens (tertiary/aromatic N) is 5. The summed E-state index contributed by atoms with van der Waals surface area (Å²) in [5.74, 6) is 0.0516. The summed E-state index contributed by atoms with van der Waals surface area (Å²) in [7, 11) is 1.49. The van der Waals surface area contributed by atoms with Crippen LogP contribution in [0.25, 0.3) is 27.7 Å². The number of benzene rings is 2. The molecule has 11 heteroatoms. The highest BCUT2D eigenvalue weighted by Crippen LogP contribution is 2.35. The minimum absolute atomic E-state index is 0.216. The van der Waals surface area contributed by atoms with E-state index in [1.807, 2.05) is 31.2 Å². The highest BCUT2D eigenvalue weighted by atomic mass is 35.5. The molecular weight excluding hydrogens is 527 g/mol. The number of methoxy groups -OCH3 is 1. The number of aromatic nitrogens is 5. The third-order valence-electron chi connectivity index (χ3n) is 6.12. The van der Waals surface area contributed by atoms with E-state index in [9.17, 15) is 9.59 Å². The molecule has 0 aliphatic heterocycles. The van der Waals surface area contributed by atoms with Gasteiger partial charge in [-0.05, 0) is 48.9 Å². The van der Waals surface area contributed by atoms with Gasteiger partial charge in [0.1, 0.15) is 11.8 Å². The Kier molecular flexibility index (Phi) is 7.13. The van der Waals surface area contributed by atoms with E-state index in [4.69, 9.17) is 27.9 Å². The van der Waals surface area contributed by atoms with Gasteiger partial charge in [0.15, 0.2) is 5.15 Å². The number of carbonyl (C=O) groups excluding carboxylic acids is 1. The fourth-order valence-corrected chi connectivity index (χ4v) is 4.62. The second-order valence-corrected chi connectivity index (χ2v) is 9.30. The zero-order valence-corrected chi connectivity index (χ0v) is 21.9. The summed E-state index contributed by atoms with van der Waals surface area (Å²) >= 11 is 12.3. The van der Waals surface area contributed by atoms with Crippen LogP contribution in [0.2, 0.25) is 10.2 Å². The molecule has 9 nitrogen and oxygen atoms in total. The van der Waals surface area contributed by atoms with E-state index in [0.29, 0.717) is 39.7 Å². The fraction of sp³-hybridized carbons (Fsp3) is 0.148. The number of carbonyl (C=O) groups is 1. The molecule has 0 aliphatic rings. The Hall–Kier alpha value is -4.21. The first-order valence-electron chi connectivity index (χ1n) is 11.7. The van der Waals surface area contributed by atoms with Gasteiger partial charge in [0.05, 0.1) is 30.7 Å². The van der Waals surface area contributed by atoms with E-state index in [-0.39, 0.29) is 16.6 Å². The molecular formula is C27H22Cl2N6O3. The molecule has 5 aromatic rings. The number of pyridine rings is 2. The number of hydrogen-bond acceptors (Lipinski definition) is 6. The number of halogens is 2. The lowest BCUT2D eigenvalue weighted by Crippen LogP contribution is -2.32. The standard InChI is InChI=1S/C27H22Cl2N6O3/c1-3-22(27(37)31-18-7-8-21-16(11-18)5-4-10-30-21)34-14-24(38-2)20(13-26(34)36)19-12-17(28)6-9-23(19)35-15-25(29)32-33-35/h4-15,22H,3H2,1-2H3,(H,31,37). The minimum atomic E-state index is -0.775. The van der Waals surface area contributed by atoms with E-state index in [1.165, 1.54) is 28.6 Å². The van der Waals surface area contributed by atoms with E-state index >= 15 is 0 Å². The van der Waals surface area contributed by atoms with Crippen molar-refractivity contribution in [1.82, 2.24) is 24.5 Å². The van der Waals surface area contributed by atoms with Crippen molar-refractivity contribution in [3.63, 3.8) is 0 Å². The third-order valence-corrected chi connectivity index (χ3v) is 6.53. The molecule has 2 aromatic carbocycles. The van der Waals surface area contributed by atoms with E-state index in [0.717, 1.165) is 10.9 Å². The molecule has 38 heavy (non-hydrogen) atoms.